The van der Waals surface area contributed by atoms with Gasteiger partial charge in [0.15, 0.2) is 0 Å². The van der Waals surface area contributed by atoms with Gasteiger partial charge in [-0.2, -0.15) is 5.10 Å². The van der Waals surface area contributed by atoms with Gasteiger partial charge in [-0.05, 0) is 24.1 Å². The first kappa shape index (κ1) is 18.4. The van der Waals surface area contributed by atoms with Gasteiger partial charge in [-0.3, -0.25) is 14.3 Å². The fraction of sp³-hybridized carbons (Fsp3) is 0.273. The zero-order valence-corrected chi connectivity index (χ0v) is 16.6. The maximum Gasteiger partial charge on any atom is 0.260 e. The van der Waals surface area contributed by atoms with Crippen molar-refractivity contribution in [1.82, 2.24) is 20.1 Å². The molecule has 3 aromatic rings. The van der Waals surface area contributed by atoms with E-state index in [1.807, 2.05) is 36.4 Å². The van der Waals surface area contributed by atoms with E-state index in [0.717, 1.165) is 16.9 Å². The Bertz CT molecular complexity index is 1110. The second kappa shape index (κ2) is 7.29. The normalized spacial score (nSPS) is 19.8. The zero-order valence-electron chi connectivity index (χ0n) is 16.6. The number of carbonyl (C=O) groups excluding carboxylic acids is 2. The standard InChI is InChI=1S/C22H22N6O2/c1-14-10-23-22(30)18-9-16-7-8-19(25-20(16)28(14)18)26-21(29)17-11-24-27(13-17)12-15-5-3-2-4-6-15/h2-8,11,13-14,18H,9-10,12H2,1H3,(H,23,30)(H,25,26,29)/t14-,18?/m1/s1. The van der Waals surface area contributed by atoms with E-state index in [2.05, 4.69) is 32.5 Å². The maximum atomic E-state index is 12.7. The van der Waals surface area contributed by atoms with Crippen LogP contribution >= 0.6 is 0 Å². The van der Waals surface area contributed by atoms with Gasteiger partial charge in [0, 0.05) is 25.2 Å². The van der Waals surface area contributed by atoms with Crippen LogP contribution in [0.3, 0.4) is 0 Å². The highest BCUT2D eigenvalue weighted by atomic mass is 16.2. The van der Waals surface area contributed by atoms with Gasteiger partial charge in [-0.15, -0.1) is 0 Å². The molecule has 1 fully saturated rings. The first-order chi connectivity index (χ1) is 14.6. The van der Waals surface area contributed by atoms with Crippen LogP contribution in [0.1, 0.15) is 28.4 Å². The summed E-state index contributed by atoms with van der Waals surface area (Å²) in [7, 11) is 0. The van der Waals surface area contributed by atoms with Crippen LogP contribution in [0.25, 0.3) is 0 Å². The Balaban J connectivity index is 1.31. The molecule has 30 heavy (non-hydrogen) atoms. The molecule has 2 amide bonds. The molecule has 2 aliphatic heterocycles. The first-order valence-electron chi connectivity index (χ1n) is 10.0. The molecule has 2 aromatic heterocycles. The molecule has 0 saturated carbocycles. The summed E-state index contributed by atoms with van der Waals surface area (Å²) in [5, 5.41) is 10.1. The van der Waals surface area contributed by atoms with E-state index in [4.69, 9.17) is 0 Å². The molecule has 8 nitrogen and oxygen atoms in total. The molecule has 152 valence electrons. The Morgan fingerprint density at radius 2 is 2.07 bits per heavy atom. The lowest BCUT2D eigenvalue weighted by Crippen LogP contribution is -2.58. The van der Waals surface area contributed by atoms with Crippen molar-refractivity contribution < 1.29 is 9.59 Å². The number of anilines is 2. The molecule has 0 bridgehead atoms. The van der Waals surface area contributed by atoms with Crippen LogP contribution < -0.4 is 15.5 Å². The van der Waals surface area contributed by atoms with Crippen LogP contribution in [-0.2, 0) is 17.8 Å². The van der Waals surface area contributed by atoms with E-state index < -0.39 is 0 Å². The molecule has 4 heterocycles. The van der Waals surface area contributed by atoms with Crippen LogP contribution in [0.5, 0.6) is 0 Å². The van der Waals surface area contributed by atoms with Gasteiger partial charge in [-0.25, -0.2) is 4.98 Å². The molecule has 8 heteroatoms. The molecule has 1 unspecified atom stereocenters. The molecular formula is C22H22N6O2. The molecule has 2 aliphatic rings. The number of carbonyl (C=O) groups is 2. The van der Waals surface area contributed by atoms with E-state index in [9.17, 15) is 9.59 Å². The molecule has 5 rings (SSSR count). The molecule has 0 radical (unpaired) electrons. The van der Waals surface area contributed by atoms with Gasteiger partial charge >= 0.3 is 0 Å². The Morgan fingerprint density at radius 3 is 2.90 bits per heavy atom. The monoisotopic (exact) mass is 402 g/mol. The number of nitrogens with zero attached hydrogens (tertiary/aromatic N) is 4. The summed E-state index contributed by atoms with van der Waals surface area (Å²) in [5.74, 6) is 1.01. The van der Waals surface area contributed by atoms with Gasteiger partial charge in [-0.1, -0.05) is 36.4 Å². The number of pyridine rings is 1. The van der Waals surface area contributed by atoms with Gasteiger partial charge in [0.2, 0.25) is 5.91 Å². The van der Waals surface area contributed by atoms with Crippen molar-refractivity contribution in [3.8, 4) is 0 Å². The minimum absolute atomic E-state index is 0.0301. The highest BCUT2D eigenvalue weighted by Gasteiger charge is 2.41. The molecular weight excluding hydrogens is 380 g/mol. The van der Waals surface area contributed by atoms with Crippen molar-refractivity contribution in [3.05, 3.63) is 71.5 Å². The summed E-state index contributed by atoms with van der Waals surface area (Å²) in [6.07, 6.45) is 3.92. The molecule has 1 saturated heterocycles. The van der Waals surface area contributed by atoms with Crippen LogP contribution in [0.2, 0.25) is 0 Å². The van der Waals surface area contributed by atoms with E-state index in [-0.39, 0.29) is 23.9 Å². The summed E-state index contributed by atoms with van der Waals surface area (Å²) >= 11 is 0. The molecule has 2 N–H and O–H groups in total. The van der Waals surface area contributed by atoms with Gasteiger partial charge in [0.05, 0.1) is 18.3 Å². The second-order valence-corrected chi connectivity index (χ2v) is 7.77. The van der Waals surface area contributed by atoms with E-state index in [1.165, 1.54) is 0 Å². The quantitative estimate of drug-likeness (QED) is 0.695. The number of amides is 2. The number of aromatic nitrogens is 3. The summed E-state index contributed by atoms with van der Waals surface area (Å²) in [5.41, 5.74) is 2.61. The number of fused-ring (bicyclic) bond motifs is 3. The largest absolute Gasteiger partial charge is 0.352 e. The fourth-order valence-corrected chi connectivity index (χ4v) is 4.11. The van der Waals surface area contributed by atoms with Crippen molar-refractivity contribution >= 4 is 23.5 Å². The van der Waals surface area contributed by atoms with Crippen LogP contribution in [0.4, 0.5) is 11.6 Å². The first-order valence-corrected chi connectivity index (χ1v) is 10.0. The van der Waals surface area contributed by atoms with Crippen LogP contribution in [0, 0.1) is 0 Å². The van der Waals surface area contributed by atoms with E-state index in [0.29, 0.717) is 30.9 Å². The highest BCUT2D eigenvalue weighted by Crippen LogP contribution is 2.34. The number of hydrogen-bond acceptors (Lipinski definition) is 5. The third-order valence-electron chi connectivity index (χ3n) is 5.62. The summed E-state index contributed by atoms with van der Waals surface area (Å²) < 4.78 is 1.74. The van der Waals surface area contributed by atoms with Crippen molar-refractivity contribution in [2.24, 2.45) is 0 Å². The average molecular weight is 402 g/mol. The average Bonchev–Trinajstić information content (AvgIpc) is 3.37. The second-order valence-electron chi connectivity index (χ2n) is 7.77. The third-order valence-corrected chi connectivity index (χ3v) is 5.62. The van der Waals surface area contributed by atoms with Crippen LogP contribution in [0.15, 0.2) is 54.9 Å². The molecule has 0 aliphatic carbocycles. The topological polar surface area (TPSA) is 92.2 Å². The minimum atomic E-state index is -0.263. The van der Waals surface area contributed by atoms with Crippen molar-refractivity contribution in [2.75, 3.05) is 16.8 Å². The van der Waals surface area contributed by atoms with Crippen molar-refractivity contribution in [3.63, 3.8) is 0 Å². The Kier molecular flexibility index (Phi) is 4.46. The lowest BCUT2D eigenvalue weighted by molar-refractivity contribution is -0.123. The van der Waals surface area contributed by atoms with E-state index >= 15 is 0 Å². The predicted octanol–water partition coefficient (Wildman–Crippen LogP) is 1.83. The minimum Gasteiger partial charge on any atom is -0.352 e. The fourth-order valence-electron chi connectivity index (χ4n) is 4.11. The number of nitrogens with one attached hydrogen (secondary N) is 2. The van der Waals surface area contributed by atoms with Gasteiger partial charge in [0.1, 0.15) is 17.7 Å². The zero-order chi connectivity index (χ0) is 20.7. The highest BCUT2D eigenvalue weighted by molar-refractivity contribution is 6.03. The van der Waals surface area contributed by atoms with Crippen molar-refractivity contribution in [2.45, 2.75) is 32.0 Å². The molecule has 2 atom stereocenters. The number of benzene rings is 1. The lowest BCUT2D eigenvalue weighted by atomic mass is 10.1. The molecule has 0 spiro atoms. The molecule has 1 aromatic carbocycles. The summed E-state index contributed by atoms with van der Waals surface area (Å²) in [4.78, 5) is 31.6. The third kappa shape index (κ3) is 3.30. The summed E-state index contributed by atoms with van der Waals surface area (Å²) in [6.45, 7) is 3.25. The van der Waals surface area contributed by atoms with Crippen molar-refractivity contribution in [1.29, 1.82) is 0 Å². The SMILES string of the molecule is C[C@@H]1CNC(=O)C2Cc3ccc(NC(=O)c4cnn(Cc5ccccc5)c4)nc3N21. The van der Waals surface area contributed by atoms with E-state index in [1.54, 1.807) is 23.1 Å². The van der Waals surface area contributed by atoms with Crippen LogP contribution in [-0.4, -0.2) is 45.2 Å². The Morgan fingerprint density at radius 1 is 1.23 bits per heavy atom. The summed E-state index contributed by atoms with van der Waals surface area (Å²) in [6, 6.07) is 13.6. The Labute approximate surface area is 173 Å². The smallest absolute Gasteiger partial charge is 0.260 e. The van der Waals surface area contributed by atoms with Gasteiger partial charge < -0.3 is 15.5 Å². The maximum absolute atomic E-state index is 12.7. The lowest BCUT2D eigenvalue weighted by Gasteiger charge is -2.36. The predicted molar refractivity (Wildman–Crippen MR) is 112 cm³/mol. The number of piperazine rings is 1. The number of hydrogen-bond donors (Lipinski definition) is 2. The Hall–Kier alpha value is -3.68. The van der Waals surface area contributed by atoms with Gasteiger partial charge in [0.25, 0.3) is 5.91 Å². The number of rotatable bonds is 4.